The second-order valence-electron chi connectivity index (χ2n) is 7.89. The monoisotopic (exact) mass is 499 g/mol. The fraction of sp³-hybridized carbons (Fsp3) is 0.292. The summed E-state index contributed by atoms with van der Waals surface area (Å²) in [7, 11) is 2.33. The molecular weight excluding hydrogens is 470 g/mol. The van der Waals surface area contributed by atoms with Crippen molar-refractivity contribution in [1.29, 1.82) is 0 Å². The fourth-order valence-corrected chi connectivity index (χ4v) is 4.37. The average Bonchev–Trinajstić information content (AvgIpc) is 2.84. The number of aliphatic imine (C=N–C) groups is 2. The number of aryl methyl sites for hydroxylation is 1. The zero-order valence-corrected chi connectivity index (χ0v) is 21.4. The van der Waals surface area contributed by atoms with Gasteiger partial charge in [-0.05, 0) is 49.7 Å². The van der Waals surface area contributed by atoms with E-state index in [-0.39, 0.29) is 29.0 Å². The van der Waals surface area contributed by atoms with Crippen LogP contribution >= 0.6 is 0 Å². The predicted molar refractivity (Wildman–Crippen MR) is 135 cm³/mol. The third-order valence-corrected chi connectivity index (χ3v) is 6.56. The highest BCUT2D eigenvalue weighted by Crippen LogP contribution is 2.35. The van der Waals surface area contributed by atoms with E-state index in [2.05, 4.69) is 20.0 Å². The SMILES string of the molecule is C/C=C1\CN=C(NS(=O)(=O)c2ccc(C(=O)N(C)C)cc2)C(=Nc2cc(OC)cc(C)c2OC)N1. The Morgan fingerprint density at radius 1 is 1.17 bits per heavy atom. The Hall–Kier alpha value is -3.86. The first kappa shape index (κ1) is 25.8. The molecule has 3 rings (SSSR count). The van der Waals surface area contributed by atoms with Gasteiger partial charge < -0.3 is 19.7 Å². The standard InChI is InChI=1S/C24H29N5O5S/c1-7-17-14-25-22(23(26-17)27-20-13-18(33-5)12-15(2)21(20)34-6)28-35(31,32)19-10-8-16(9-11-19)24(30)29(3)4/h7-13H,14H2,1-6H3,(H,25,28)(H,26,27)/b17-7+. The summed E-state index contributed by atoms with van der Waals surface area (Å²) in [5.41, 5.74) is 2.39. The first-order chi connectivity index (χ1) is 16.6. The van der Waals surface area contributed by atoms with Gasteiger partial charge in [0.15, 0.2) is 11.7 Å². The molecule has 0 saturated heterocycles. The van der Waals surface area contributed by atoms with Gasteiger partial charge in [0.25, 0.3) is 15.9 Å². The van der Waals surface area contributed by atoms with Crippen LogP contribution in [0, 0.1) is 6.92 Å². The topological polar surface area (TPSA) is 122 Å². The van der Waals surface area contributed by atoms with E-state index in [0.29, 0.717) is 22.7 Å². The molecule has 1 aliphatic rings. The number of ether oxygens (including phenoxy) is 2. The molecule has 0 radical (unpaired) electrons. The molecule has 10 nitrogen and oxygen atoms in total. The van der Waals surface area contributed by atoms with Gasteiger partial charge >= 0.3 is 0 Å². The number of rotatable bonds is 6. The van der Waals surface area contributed by atoms with Gasteiger partial charge in [0.05, 0.1) is 25.7 Å². The molecule has 0 atom stereocenters. The number of nitrogens with zero attached hydrogens (tertiary/aromatic N) is 3. The van der Waals surface area contributed by atoms with Crippen LogP contribution in [0.15, 0.2) is 63.1 Å². The molecule has 2 aromatic rings. The van der Waals surface area contributed by atoms with Gasteiger partial charge in [0, 0.05) is 31.4 Å². The summed E-state index contributed by atoms with van der Waals surface area (Å²) in [6.07, 6.45) is 1.83. The number of amidine groups is 2. The number of carbonyl (C=O) groups is 1. The highest BCUT2D eigenvalue weighted by molar-refractivity contribution is 7.90. The molecule has 0 spiro atoms. The number of hydrogen-bond donors (Lipinski definition) is 2. The lowest BCUT2D eigenvalue weighted by Gasteiger charge is -2.21. The maximum absolute atomic E-state index is 13.1. The first-order valence-electron chi connectivity index (χ1n) is 10.7. The zero-order chi connectivity index (χ0) is 25.8. The van der Waals surface area contributed by atoms with Crippen LogP contribution in [0.4, 0.5) is 5.69 Å². The van der Waals surface area contributed by atoms with Crippen molar-refractivity contribution in [3.8, 4) is 11.5 Å². The Morgan fingerprint density at radius 2 is 1.86 bits per heavy atom. The minimum Gasteiger partial charge on any atom is -0.497 e. The number of nitrogens with one attached hydrogen (secondary N) is 2. The van der Waals surface area contributed by atoms with E-state index < -0.39 is 10.0 Å². The lowest BCUT2D eigenvalue weighted by atomic mass is 10.2. The molecule has 35 heavy (non-hydrogen) atoms. The highest BCUT2D eigenvalue weighted by atomic mass is 32.2. The van der Waals surface area contributed by atoms with E-state index in [4.69, 9.17) is 9.47 Å². The summed E-state index contributed by atoms with van der Waals surface area (Å²) in [5, 5.41) is 3.13. The maximum Gasteiger partial charge on any atom is 0.263 e. The van der Waals surface area contributed by atoms with E-state index in [9.17, 15) is 13.2 Å². The van der Waals surface area contributed by atoms with Gasteiger partial charge in [-0.3, -0.25) is 14.5 Å². The largest absolute Gasteiger partial charge is 0.497 e. The van der Waals surface area contributed by atoms with Crippen LogP contribution in [0.2, 0.25) is 0 Å². The first-order valence-corrected chi connectivity index (χ1v) is 12.2. The minimum absolute atomic E-state index is 0.0125. The molecule has 186 valence electrons. The Balaban J connectivity index is 1.99. The normalized spacial score (nSPS) is 15.9. The van der Waals surface area contributed by atoms with Gasteiger partial charge in [0.2, 0.25) is 0 Å². The fourth-order valence-electron chi connectivity index (χ4n) is 3.35. The molecule has 1 heterocycles. The molecule has 0 saturated carbocycles. The number of allylic oxidation sites excluding steroid dienone is 1. The molecule has 0 aromatic heterocycles. The molecule has 2 aromatic carbocycles. The van der Waals surface area contributed by atoms with Crippen LogP contribution < -0.4 is 19.5 Å². The van der Waals surface area contributed by atoms with E-state index in [0.717, 1.165) is 11.3 Å². The van der Waals surface area contributed by atoms with Crippen molar-refractivity contribution < 1.29 is 22.7 Å². The van der Waals surface area contributed by atoms with Crippen molar-refractivity contribution in [2.24, 2.45) is 9.98 Å². The van der Waals surface area contributed by atoms with Gasteiger partial charge in [-0.15, -0.1) is 0 Å². The summed E-state index contributed by atoms with van der Waals surface area (Å²) in [6, 6.07) is 9.19. The quantitative estimate of drug-likeness (QED) is 0.630. The van der Waals surface area contributed by atoms with E-state index in [1.165, 1.54) is 36.3 Å². The van der Waals surface area contributed by atoms with Crippen LogP contribution in [0.25, 0.3) is 0 Å². The third kappa shape index (κ3) is 5.80. The van der Waals surface area contributed by atoms with Crippen molar-refractivity contribution in [1.82, 2.24) is 14.9 Å². The Kier molecular flexibility index (Phi) is 7.80. The van der Waals surface area contributed by atoms with Gasteiger partial charge in [-0.1, -0.05) is 6.08 Å². The van der Waals surface area contributed by atoms with Crippen molar-refractivity contribution >= 4 is 33.3 Å². The molecule has 1 amide bonds. The Morgan fingerprint density at radius 3 is 2.43 bits per heavy atom. The summed E-state index contributed by atoms with van der Waals surface area (Å²) >= 11 is 0. The zero-order valence-electron chi connectivity index (χ0n) is 20.5. The Bertz CT molecular complexity index is 1310. The second kappa shape index (κ2) is 10.6. The van der Waals surface area contributed by atoms with Crippen LogP contribution in [0.3, 0.4) is 0 Å². The summed E-state index contributed by atoms with van der Waals surface area (Å²) in [6.45, 7) is 3.95. The predicted octanol–water partition coefficient (Wildman–Crippen LogP) is 2.63. The van der Waals surface area contributed by atoms with Crippen LogP contribution in [-0.4, -0.2) is 65.8 Å². The average molecular weight is 500 g/mol. The molecule has 1 aliphatic heterocycles. The van der Waals surface area contributed by atoms with Crippen LogP contribution in [0.5, 0.6) is 11.5 Å². The minimum atomic E-state index is -4.01. The highest BCUT2D eigenvalue weighted by Gasteiger charge is 2.24. The molecule has 2 N–H and O–H groups in total. The smallest absolute Gasteiger partial charge is 0.263 e. The van der Waals surface area contributed by atoms with E-state index >= 15 is 0 Å². The Labute approximate surface area is 205 Å². The van der Waals surface area contributed by atoms with Crippen molar-refractivity contribution in [2.45, 2.75) is 18.7 Å². The van der Waals surface area contributed by atoms with Gasteiger partial charge in [-0.2, -0.15) is 0 Å². The van der Waals surface area contributed by atoms with Crippen LogP contribution in [-0.2, 0) is 10.0 Å². The maximum atomic E-state index is 13.1. The number of sulfonamides is 1. The summed E-state index contributed by atoms with van der Waals surface area (Å²) in [5.74, 6) is 1.13. The van der Waals surface area contributed by atoms with E-state index in [1.54, 1.807) is 27.3 Å². The number of benzene rings is 2. The third-order valence-electron chi connectivity index (χ3n) is 5.21. The lowest BCUT2D eigenvalue weighted by Crippen LogP contribution is -2.46. The van der Waals surface area contributed by atoms with Crippen molar-refractivity contribution in [3.63, 3.8) is 0 Å². The summed E-state index contributed by atoms with van der Waals surface area (Å²) in [4.78, 5) is 22.5. The second-order valence-corrected chi connectivity index (χ2v) is 9.57. The molecule has 0 bridgehead atoms. The molecular formula is C24H29N5O5S. The van der Waals surface area contributed by atoms with Gasteiger partial charge in [-0.25, -0.2) is 13.4 Å². The van der Waals surface area contributed by atoms with Gasteiger partial charge in [0.1, 0.15) is 17.2 Å². The number of carbonyl (C=O) groups excluding carboxylic acids is 1. The molecule has 0 fully saturated rings. The number of methoxy groups -OCH3 is 2. The van der Waals surface area contributed by atoms with Crippen molar-refractivity contribution in [2.75, 3.05) is 34.9 Å². The van der Waals surface area contributed by atoms with E-state index in [1.807, 2.05) is 26.0 Å². The summed E-state index contributed by atoms with van der Waals surface area (Å²) < 4.78 is 39.6. The number of hydrogen-bond acceptors (Lipinski definition) is 7. The van der Waals surface area contributed by atoms with Crippen LogP contribution in [0.1, 0.15) is 22.8 Å². The molecule has 0 aliphatic carbocycles. The lowest BCUT2D eigenvalue weighted by molar-refractivity contribution is 0.0827. The molecule has 0 unspecified atom stereocenters. The number of amides is 1. The van der Waals surface area contributed by atoms with Crippen molar-refractivity contribution in [3.05, 3.63) is 59.3 Å². The molecule has 11 heteroatoms.